The van der Waals surface area contributed by atoms with E-state index in [4.69, 9.17) is 9.47 Å². The fourth-order valence-electron chi connectivity index (χ4n) is 3.18. The first-order valence-electron chi connectivity index (χ1n) is 6.92. The van der Waals surface area contributed by atoms with Crippen LogP contribution in [0.5, 0.6) is 5.75 Å². The average Bonchev–Trinajstić information content (AvgIpc) is 3.01. The molecule has 3 rings (SSSR count). The summed E-state index contributed by atoms with van der Waals surface area (Å²) in [5.74, 6) is -0.0166. The van der Waals surface area contributed by atoms with Crippen LogP contribution >= 0.6 is 0 Å². The van der Waals surface area contributed by atoms with Gasteiger partial charge in [-0.3, -0.25) is 0 Å². The number of halogens is 1. The fraction of sp³-hybridized carbons (Fsp3) is 0.600. The van der Waals surface area contributed by atoms with Crippen LogP contribution in [0.3, 0.4) is 0 Å². The van der Waals surface area contributed by atoms with E-state index in [1.54, 1.807) is 6.07 Å². The number of hydrogen-bond acceptors (Lipinski definition) is 3. The second-order valence-electron chi connectivity index (χ2n) is 5.50. The molecule has 0 unspecified atom stereocenters. The van der Waals surface area contributed by atoms with Gasteiger partial charge in [-0.2, -0.15) is 0 Å². The molecule has 1 aromatic carbocycles. The van der Waals surface area contributed by atoms with Crippen molar-refractivity contribution in [1.29, 1.82) is 0 Å². The van der Waals surface area contributed by atoms with Gasteiger partial charge in [-0.25, -0.2) is 4.39 Å². The van der Waals surface area contributed by atoms with E-state index in [1.807, 2.05) is 6.07 Å². The summed E-state index contributed by atoms with van der Waals surface area (Å²) in [6.07, 6.45) is 4.24. The van der Waals surface area contributed by atoms with Gasteiger partial charge in [-0.1, -0.05) is 6.07 Å². The van der Waals surface area contributed by atoms with Crippen molar-refractivity contribution in [1.82, 2.24) is 5.32 Å². The maximum Gasteiger partial charge on any atom is 0.165 e. The van der Waals surface area contributed by atoms with Gasteiger partial charge in [0.25, 0.3) is 0 Å². The Labute approximate surface area is 113 Å². The molecule has 4 heteroatoms. The van der Waals surface area contributed by atoms with Crippen molar-refractivity contribution < 1.29 is 13.9 Å². The molecule has 0 spiro atoms. The summed E-state index contributed by atoms with van der Waals surface area (Å²) in [6.45, 7) is 2.10. The van der Waals surface area contributed by atoms with Gasteiger partial charge in [0.05, 0.1) is 19.3 Å². The van der Waals surface area contributed by atoms with Crippen LogP contribution in [-0.2, 0) is 4.74 Å². The highest BCUT2D eigenvalue weighted by Crippen LogP contribution is 2.35. The number of nitrogens with one attached hydrogen (secondary N) is 1. The molecule has 0 saturated carbocycles. The molecular weight excluding hydrogens is 245 g/mol. The van der Waals surface area contributed by atoms with Crippen molar-refractivity contribution in [2.45, 2.75) is 50.5 Å². The van der Waals surface area contributed by atoms with Crippen LogP contribution in [-0.4, -0.2) is 25.4 Å². The maximum atomic E-state index is 13.4. The lowest BCUT2D eigenvalue weighted by atomic mass is 9.94. The summed E-state index contributed by atoms with van der Waals surface area (Å²) in [5, 5.41) is 3.59. The number of methoxy groups -OCH3 is 1. The van der Waals surface area contributed by atoms with Crippen LogP contribution in [0.2, 0.25) is 0 Å². The maximum absolute atomic E-state index is 13.4. The van der Waals surface area contributed by atoms with Crippen LogP contribution < -0.4 is 10.1 Å². The molecule has 4 atom stereocenters. The molecule has 2 saturated heterocycles. The summed E-state index contributed by atoms with van der Waals surface area (Å²) in [4.78, 5) is 0. The van der Waals surface area contributed by atoms with Crippen molar-refractivity contribution in [2.75, 3.05) is 7.11 Å². The van der Waals surface area contributed by atoms with Gasteiger partial charge in [0.15, 0.2) is 11.6 Å². The quantitative estimate of drug-likeness (QED) is 0.908. The van der Waals surface area contributed by atoms with Gasteiger partial charge < -0.3 is 14.8 Å². The molecule has 2 bridgehead atoms. The molecule has 2 aliphatic heterocycles. The second kappa shape index (κ2) is 5.10. The number of ether oxygens (including phenoxy) is 2. The Morgan fingerprint density at radius 2 is 2.26 bits per heavy atom. The highest BCUT2D eigenvalue weighted by Gasteiger charge is 2.41. The van der Waals surface area contributed by atoms with E-state index in [9.17, 15) is 4.39 Å². The normalized spacial score (nSPS) is 30.6. The zero-order valence-electron chi connectivity index (χ0n) is 11.4. The molecule has 2 fully saturated rings. The topological polar surface area (TPSA) is 30.5 Å². The van der Waals surface area contributed by atoms with Crippen LogP contribution in [0.1, 0.15) is 37.8 Å². The number of rotatable bonds is 4. The Morgan fingerprint density at radius 3 is 2.89 bits per heavy atom. The first-order chi connectivity index (χ1) is 9.17. The van der Waals surface area contributed by atoms with E-state index in [-0.39, 0.29) is 11.9 Å². The smallest absolute Gasteiger partial charge is 0.165 e. The van der Waals surface area contributed by atoms with Crippen LogP contribution in [0.4, 0.5) is 4.39 Å². The molecule has 0 aliphatic carbocycles. The van der Waals surface area contributed by atoms with E-state index in [2.05, 4.69) is 12.2 Å². The molecule has 1 aromatic rings. The molecule has 2 aliphatic rings. The third-order valence-electron chi connectivity index (χ3n) is 4.25. The summed E-state index contributed by atoms with van der Waals surface area (Å²) >= 11 is 0. The van der Waals surface area contributed by atoms with E-state index >= 15 is 0 Å². The van der Waals surface area contributed by atoms with Gasteiger partial charge >= 0.3 is 0 Å². The molecule has 0 radical (unpaired) electrons. The van der Waals surface area contributed by atoms with Crippen LogP contribution in [0, 0.1) is 5.82 Å². The molecule has 0 amide bonds. The Bertz CT molecular complexity index is 465. The largest absolute Gasteiger partial charge is 0.494 e. The molecule has 2 heterocycles. The Balaban J connectivity index is 1.68. The molecule has 1 N–H and O–H groups in total. The van der Waals surface area contributed by atoms with Gasteiger partial charge in [0.1, 0.15) is 0 Å². The third kappa shape index (κ3) is 2.47. The average molecular weight is 265 g/mol. The van der Waals surface area contributed by atoms with Crippen molar-refractivity contribution in [3.05, 3.63) is 29.6 Å². The summed E-state index contributed by atoms with van der Waals surface area (Å²) in [6, 6.07) is 5.63. The van der Waals surface area contributed by atoms with E-state index in [0.29, 0.717) is 24.0 Å². The van der Waals surface area contributed by atoms with Crippen molar-refractivity contribution in [2.24, 2.45) is 0 Å². The van der Waals surface area contributed by atoms with Gasteiger partial charge in [0.2, 0.25) is 0 Å². The minimum absolute atomic E-state index is 0.169. The van der Waals surface area contributed by atoms with Crippen molar-refractivity contribution in [3.63, 3.8) is 0 Å². The number of fused-ring (bicyclic) bond motifs is 2. The van der Waals surface area contributed by atoms with E-state index < -0.39 is 0 Å². The predicted octanol–water partition coefficient (Wildman–Crippen LogP) is 2.80. The molecule has 0 aromatic heterocycles. The van der Waals surface area contributed by atoms with Crippen molar-refractivity contribution in [3.8, 4) is 5.75 Å². The third-order valence-corrected chi connectivity index (χ3v) is 4.25. The monoisotopic (exact) mass is 265 g/mol. The fourth-order valence-corrected chi connectivity index (χ4v) is 3.18. The minimum Gasteiger partial charge on any atom is -0.494 e. The molecular formula is C15H20FNO2. The lowest BCUT2D eigenvalue weighted by Crippen LogP contribution is -2.38. The zero-order chi connectivity index (χ0) is 13.4. The van der Waals surface area contributed by atoms with Gasteiger partial charge in [-0.15, -0.1) is 0 Å². The standard InChI is InChI=1S/C15H20FNO2/c1-9(10-3-5-12(16)15(7-10)18-2)17-13-8-11-4-6-14(13)19-11/h3,5,7,9,11,13-14,17H,4,6,8H2,1-2H3/t9-,11-,13-,14-/m0/s1. The van der Waals surface area contributed by atoms with Gasteiger partial charge in [-0.05, 0) is 43.9 Å². The first kappa shape index (κ1) is 12.9. The lowest BCUT2D eigenvalue weighted by molar-refractivity contribution is 0.0962. The van der Waals surface area contributed by atoms with Crippen LogP contribution in [0.15, 0.2) is 18.2 Å². The van der Waals surface area contributed by atoms with Crippen LogP contribution in [0.25, 0.3) is 0 Å². The zero-order valence-corrected chi connectivity index (χ0v) is 11.4. The lowest BCUT2D eigenvalue weighted by Gasteiger charge is -2.25. The Hall–Kier alpha value is -1.13. The van der Waals surface area contributed by atoms with E-state index in [1.165, 1.54) is 19.6 Å². The molecule has 104 valence electrons. The predicted molar refractivity (Wildman–Crippen MR) is 70.8 cm³/mol. The SMILES string of the molecule is COc1cc([C@H](C)N[C@H]2C[C@@H]3CC[C@@H]2O3)ccc1F. The first-order valence-corrected chi connectivity index (χ1v) is 6.92. The number of benzene rings is 1. The highest BCUT2D eigenvalue weighted by molar-refractivity contribution is 5.32. The summed E-state index contributed by atoms with van der Waals surface area (Å²) in [5.41, 5.74) is 1.04. The second-order valence-corrected chi connectivity index (χ2v) is 5.50. The number of hydrogen-bond donors (Lipinski definition) is 1. The van der Waals surface area contributed by atoms with Crippen molar-refractivity contribution >= 4 is 0 Å². The highest BCUT2D eigenvalue weighted by atomic mass is 19.1. The summed E-state index contributed by atoms with van der Waals surface area (Å²) in [7, 11) is 1.49. The summed E-state index contributed by atoms with van der Waals surface area (Å²) < 4.78 is 24.3. The Kier molecular flexibility index (Phi) is 3.46. The molecule has 19 heavy (non-hydrogen) atoms. The van der Waals surface area contributed by atoms with E-state index in [0.717, 1.165) is 18.4 Å². The van der Waals surface area contributed by atoms with Gasteiger partial charge in [0, 0.05) is 12.1 Å². The molecule has 3 nitrogen and oxygen atoms in total. The minimum atomic E-state index is -0.318. The Morgan fingerprint density at radius 1 is 1.42 bits per heavy atom.